The minimum atomic E-state index is -0.386. The van der Waals surface area contributed by atoms with Crippen LogP contribution in [-0.4, -0.2) is 18.1 Å². The minimum absolute atomic E-state index is 0.374. The van der Waals surface area contributed by atoms with Crippen molar-refractivity contribution in [2.24, 2.45) is 0 Å². The van der Waals surface area contributed by atoms with Crippen LogP contribution < -0.4 is 0 Å². The van der Waals surface area contributed by atoms with E-state index in [-0.39, 0.29) is 5.97 Å². The van der Waals surface area contributed by atoms with Crippen LogP contribution in [0.25, 0.3) is 10.6 Å². The molecule has 2 aromatic rings. The normalized spacial score (nSPS) is 10.1. The molecule has 14 heavy (non-hydrogen) atoms. The summed E-state index contributed by atoms with van der Waals surface area (Å²) in [4.78, 5) is 15.3. The minimum Gasteiger partial charge on any atom is -0.464 e. The van der Waals surface area contributed by atoms with Crippen LogP contribution in [0.2, 0.25) is 0 Å². The van der Waals surface area contributed by atoms with Crippen molar-refractivity contribution < 1.29 is 9.53 Å². The quantitative estimate of drug-likeness (QED) is 0.737. The van der Waals surface area contributed by atoms with Crippen molar-refractivity contribution in [3.8, 4) is 10.6 Å². The van der Waals surface area contributed by atoms with Crippen LogP contribution in [0.3, 0.4) is 0 Å². The van der Waals surface area contributed by atoms with Gasteiger partial charge >= 0.3 is 5.97 Å². The number of thiazole rings is 1. The summed E-state index contributed by atoms with van der Waals surface area (Å²) >= 11 is 3.05. The predicted octanol–water partition coefficient (Wildman–Crippen LogP) is 2.66. The summed E-state index contributed by atoms with van der Waals surface area (Å²) < 4.78 is 4.57. The van der Waals surface area contributed by atoms with Crippen LogP contribution in [0.15, 0.2) is 22.2 Å². The predicted molar refractivity (Wildman–Crippen MR) is 56.8 cm³/mol. The van der Waals surface area contributed by atoms with E-state index in [2.05, 4.69) is 9.72 Å². The highest BCUT2D eigenvalue weighted by molar-refractivity contribution is 7.14. The van der Waals surface area contributed by atoms with Gasteiger partial charge in [-0.15, -0.1) is 11.3 Å². The number of ether oxygens (including phenoxy) is 1. The lowest BCUT2D eigenvalue weighted by Gasteiger charge is -1.91. The molecule has 5 heteroatoms. The molecular formula is C9H7NO2S2. The second-order valence-electron chi connectivity index (χ2n) is 2.54. The lowest BCUT2D eigenvalue weighted by atomic mass is 10.3. The molecule has 0 aliphatic heterocycles. The molecule has 72 valence electrons. The monoisotopic (exact) mass is 225 g/mol. The van der Waals surface area contributed by atoms with Crippen molar-refractivity contribution in [1.29, 1.82) is 0 Å². The van der Waals surface area contributed by atoms with Crippen molar-refractivity contribution in [3.05, 3.63) is 27.9 Å². The molecule has 0 amide bonds. The lowest BCUT2D eigenvalue weighted by molar-refractivity contribution is 0.0595. The van der Waals surface area contributed by atoms with Gasteiger partial charge < -0.3 is 4.74 Å². The van der Waals surface area contributed by atoms with Gasteiger partial charge in [-0.05, 0) is 11.4 Å². The van der Waals surface area contributed by atoms with E-state index < -0.39 is 0 Å². The van der Waals surface area contributed by atoms with Gasteiger partial charge in [-0.25, -0.2) is 9.78 Å². The standard InChI is InChI=1S/C9H7NO2S2/c1-12-9(11)7-5-14-8(10-7)6-2-3-13-4-6/h2-5H,1H3. The van der Waals surface area contributed by atoms with Crippen LogP contribution in [0.5, 0.6) is 0 Å². The second kappa shape index (κ2) is 3.89. The lowest BCUT2D eigenvalue weighted by Crippen LogP contribution is -2.00. The summed E-state index contributed by atoms with van der Waals surface area (Å²) in [5.41, 5.74) is 1.42. The van der Waals surface area contributed by atoms with Gasteiger partial charge in [-0.3, -0.25) is 0 Å². The van der Waals surface area contributed by atoms with Gasteiger partial charge in [0, 0.05) is 16.3 Å². The van der Waals surface area contributed by atoms with Crippen molar-refractivity contribution in [3.63, 3.8) is 0 Å². The molecule has 0 N–H and O–H groups in total. The average Bonchev–Trinajstić information content (AvgIpc) is 2.86. The van der Waals surface area contributed by atoms with E-state index >= 15 is 0 Å². The number of carbonyl (C=O) groups is 1. The molecule has 0 spiro atoms. The van der Waals surface area contributed by atoms with Gasteiger partial charge in [0.2, 0.25) is 0 Å². The number of thiophene rings is 1. The summed E-state index contributed by atoms with van der Waals surface area (Å²) in [6, 6.07) is 1.98. The topological polar surface area (TPSA) is 39.2 Å². The Balaban J connectivity index is 2.31. The molecule has 0 bridgehead atoms. The Labute approximate surface area is 89.0 Å². The van der Waals surface area contributed by atoms with Crippen molar-refractivity contribution >= 4 is 28.6 Å². The fourth-order valence-electron chi connectivity index (χ4n) is 0.991. The van der Waals surface area contributed by atoms with Crippen LogP contribution in [0.4, 0.5) is 0 Å². The van der Waals surface area contributed by atoms with Gasteiger partial charge in [0.25, 0.3) is 0 Å². The summed E-state index contributed by atoms with van der Waals surface area (Å²) in [5.74, 6) is -0.386. The van der Waals surface area contributed by atoms with Crippen LogP contribution in [-0.2, 0) is 4.74 Å². The first kappa shape index (κ1) is 9.36. The van der Waals surface area contributed by atoms with E-state index in [0.29, 0.717) is 5.69 Å². The van der Waals surface area contributed by atoms with Gasteiger partial charge in [0.1, 0.15) is 5.01 Å². The first-order valence-electron chi connectivity index (χ1n) is 3.87. The zero-order valence-corrected chi connectivity index (χ0v) is 9.02. The Morgan fingerprint density at radius 3 is 3.00 bits per heavy atom. The van der Waals surface area contributed by atoms with E-state index in [1.54, 1.807) is 16.7 Å². The second-order valence-corrected chi connectivity index (χ2v) is 4.18. The summed E-state index contributed by atoms with van der Waals surface area (Å²) in [7, 11) is 1.35. The molecule has 2 aromatic heterocycles. The fraction of sp³-hybridized carbons (Fsp3) is 0.111. The Morgan fingerprint density at radius 2 is 2.36 bits per heavy atom. The SMILES string of the molecule is COC(=O)c1csc(-c2ccsc2)n1. The van der Waals surface area contributed by atoms with Crippen molar-refractivity contribution in [2.75, 3.05) is 7.11 Å². The molecule has 0 saturated carbocycles. The Kier molecular flexibility index (Phi) is 2.60. The van der Waals surface area contributed by atoms with Crippen LogP contribution in [0.1, 0.15) is 10.5 Å². The van der Waals surface area contributed by atoms with Crippen molar-refractivity contribution in [1.82, 2.24) is 4.98 Å². The maximum absolute atomic E-state index is 11.1. The molecule has 0 unspecified atom stereocenters. The van der Waals surface area contributed by atoms with Gasteiger partial charge in [-0.2, -0.15) is 11.3 Å². The zero-order valence-electron chi connectivity index (χ0n) is 7.39. The molecule has 3 nitrogen and oxygen atoms in total. The van der Waals surface area contributed by atoms with E-state index in [0.717, 1.165) is 10.6 Å². The first-order valence-corrected chi connectivity index (χ1v) is 5.70. The van der Waals surface area contributed by atoms with Gasteiger partial charge in [-0.1, -0.05) is 0 Å². The highest BCUT2D eigenvalue weighted by Crippen LogP contribution is 2.25. The number of methoxy groups -OCH3 is 1. The molecule has 0 atom stereocenters. The maximum Gasteiger partial charge on any atom is 0.357 e. The number of carbonyl (C=O) groups excluding carboxylic acids is 1. The summed E-state index contributed by atoms with van der Waals surface area (Å²) in [5, 5.41) is 6.54. The Morgan fingerprint density at radius 1 is 1.50 bits per heavy atom. The Bertz CT molecular complexity index is 433. The van der Waals surface area contributed by atoms with Gasteiger partial charge in [0.05, 0.1) is 7.11 Å². The van der Waals surface area contributed by atoms with E-state index in [1.165, 1.54) is 18.4 Å². The number of hydrogen-bond donors (Lipinski definition) is 0. The molecular weight excluding hydrogens is 218 g/mol. The highest BCUT2D eigenvalue weighted by Gasteiger charge is 2.11. The molecule has 0 saturated heterocycles. The summed E-state index contributed by atoms with van der Waals surface area (Å²) in [6.07, 6.45) is 0. The summed E-state index contributed by atoms with van der Waals surface area (Å²) in [6.45, 7) is 0. The molecule has 0 aromatic carbocycles. The van der Waals surface area contributed by atoms with E-state index in [1.807, 2.05) is 16.8 Å². The number of hydrogen-bond acceptors (Lipinski definition) is 5. The average molecular weight is 225 g/mol. The third kappa shape index (κ3) is 1.69. The number of esters is 1. The first-order chi connectivity index (χ1) is 6.81. The number of nitrogens with zero attached hydrogens (tertiary/aromatic N) is 1. The Hall–Kier alpha value is -1.20. The zero-order chi connectivity index (χ0) is 9.97. The molecule has 2 heterocycles. The maximum atomic E-state index is 11.1. The third-order valence-corrected chi connectivity index (χ3v) is 3.24. The van der Waals surface area contributed by atoms with Gasteiger partial charge in [0.15, 0.2) is 5.69 Å². The molecule has 0 radical (unpaired) electrons. The molecule has 0 aliphatic carbocycles. The molecule has 0 aliphatic rings. The number of rotatable bonds is 2. The highest BCUT2D eigenvalue weighted by atomic mass is 32.1. The third-order valence-electron chi connectivity index (χ3n) is 1.67. The molecule has 0 fully saturated rings. The smallest absolute Gasteiger partial charge is 0.357 e. The van der Waals surface area contributed by atoms with Crippen LogP contribution >= 0.6 is 22.7 Å². The molecule has 2 rings (SSSR count). The van der Waals surface area contributed by atoms with Crippen molar-refractivity contribution in [2.45, 2.75) is 0 Å². The van der Waals surface area contributed by atoms with E-state index in [4.69, 9.17) is 0 Å². The van der Waals surface area contributed by atoms with Crippen LogP contribution in [0, 0.1) is 0 Å². The fourth-order valence-corrected chi connectivity index (χ4v) is 2.49. The largest absolute Gasteiger partial charge is 0.464 e. The van der Waals surface area contributed by atoms with E-state index in [9.17, 15) is 4.79 Å². The number of aromatic nitrogens is 1.